The molecule has 0 bridgehead atoms. The predicted octanol–water partition coefficient (Wildman–Crippen LogP) is 3.60. The van der Waals surface area contributed by atoms with E-state index < -0.39 is 17.2 Å². The summed E-state index contributed by atoms with van der Waals surface area (Å²) in [6.07, 6.45) is 1.83. The second-order valence-corrected chi connectivity index (χ2v) is 7.99. The summed E-state index contributed by atoms with van der Waals surface area (Å²) in [6, 6.07) is 5.35. The Morgan fingerprint density at radius 2 is 1.96 bits per heavy atom. The van der Waals surface area contributed by atoms with Gasteiger partial charge >= 0.3 is 6.09 Å². The van der Waals surface area contributed by atoms with E-state index in [1.165, 1.54) is 11.1 Å². The maximum atomic E-state index is 12.2. The number of nitrogens with one attached hydrogen (secondary N) is 1. The van der Waals surface area contributed by atoms with Gasteiger partial charge in [0.25, 0.3) is 0 Å². The second-order valence-electron chi connectivity index (χ2n) is 7.99. The first-order valence-electron chi connectivity index (χ1n) is 8.67. The molecule has 0 radical (unpaired) electrons. The first-order valence-corrected chi connectivity index (χ1v) is 8.67. The molecule has 1 aliphatic rings. The van der Waals surface area contributed by atoms with Crippen LogP contribution in [-0.2, 0) is 16.1 Å². The zero-order chi connectivity index (χ0) is 19.5. The summed E-state index contributed by atoms with van der Waals surface area (Å²) >= 11 is 0. The third-order valence-corrected chi connectivity index (χ3v) is 4.88. The van der Waals surface area contributed by atoms with Crippen molar-refractivity contribution in [1.29, 1.82) is 0 Å². The van der Waals surface area contributed by atoms with Gasteiger partial charge in [-0.1, -0.05) is 12.1 Å². The average molecular weight is 361 g/mol. The van der Waals surface area contributed by atoms with Crippen molar-refractivity contribution in [2.24, 2.45) is 4.99 Å². The molecule has 0 aromatic heterocycles. The summed E-state index contributed by atoms with van der Waals surface area (Å²) < 4.78 is 5.58. The number of alkyl carbamates (subject to hydrolysis) is 1. The van der Waals surface area contributed by atoms with Crippen molar-refractivity contribution in [3.05, 3.63) is 29.3 Å². The molecule has 7 nitrogen and oxygen atoms in total. The number of hydrogen-bond acceptors (Lipinski definition) is 6. The van der Waals surface area contributed by atoms with Crippen LogP contribution in [0.2, 0.25) is 0 Å². The monoisotopic (exact) mass is 361 g/mol. The molecule has 26 heavy (non-hydrogen) atoms. The molecular formula is C19H27N3O4. The summed E-state index contributed by atoms with van der Waals surface area (Å²) in [4.78, 5) is 26.3. The normalized spacial score (nSPS) is 19.5. The Bertz CT molecular complexity index is 705. The maximum absolute atomic E-state index is 12.2. The first kappa shape index (κ1) is 20.1. The lowest BCUT2D eigenvalue weighted by atomic mass is 9.80. The van der Waals surface area contributed by atoms with Gasteiger partial charge in [0.2, 0.25) is 6.08 Å². The minimum atomic E-state index is -0.503. The van der Waals surface area contributed by atoms with E-state index in [9.17, 15) is 14.8 Å². The molecule has 2 rings (SSSR count). The fraction of sp³-hybridized carbons (Fsp3) is 0.579. The smallest absolute Gasteiger partial charge is 0.407 e. The van der Waals surface area contributed by atoms with E-state index in [1.54, 1.807) is 12.1 Å². The molecule has 7 heteroatoms. The Kier molecular flexibility index (Phi) is 5.86. The molecule has 1 heterocycles. The van der Waals surface area contributed by atoms with E-state index in [2.05, 4.69) is 10.3 Å². The maximum Gasteiger partial charge on any atom is 0.407 e. The number of piperidine rings is 1. The lowest BCUT2D eigenvalue weighted by Gasteiger charge is -2.50. The average Bonchev–Trinajstić information content (AvgIpc) is 2.53. The number of amides is 1. The Morgan fingerprint density at radius 1 is 1.35 bits per heavy atom. The van der Waals surface area contributed by atoms with E-state index in [0.717, 1.165) is 11.1 Å². The van der Waals surface area contributed by atoms with Gasteiger partial charge in [-0.25, -0.2) is 9.59 Å². The Balaban J connectivity index is 1.98. The van der Waals surface area contributed by atoms with Gasteiger partial charge in [-0.15, -0.1) is 0 Å². The molecule has 2 N–H and O–H groups in total. The van der Waals surface area contributed by atoms with Crippen LogP contribution in [0.25, 0.3) is 0 Å². The van der Waals surface area contributed by atoms with E-state index >= 15 is 0 Å². The van der Waals surface area contributed by atoms with Crippen LogP contribution in [0.15, 0.2) is 23.2 Å². The largest absolute Gasteiger partial charge is 0.446 e. The van der Waals surface area contributed by atoms with E-state index in [-0.39, 0.29) is 12.6 Å². The summed E-state index contributed by atoms with van der Waals surface area (Å²) in [5.41, 5.74) is 1.23. The second kappa shape index (κ2) is 7.58. The SMILES string of the molecule is Cc1c(CNC(=O)OC2CC(C)(C)N(O)C(C)(C)C2)cccc1N=C=O. The predicted molar refractivity (Wildman–Crippen MR) is 97.1 cm³/mol. The molecule has 1 fully saturated rings. The van der Waals surface area contributed by atoms with Gasteiger partial charge in [0.05, 0.1) is 5.69 Å². The first-order chi connectivity index (χ1) is 12.1. The summed E-state index contributed by atoms with van der Waals surface area (Å²) in [6.45, 7) is 9.80. The van der Waals surface area contributed by atoms with Crippen molar-refractivity contribution >= 4 is 17.9 Å². The van der Waals surface area contributed by atoms with Crippen molar-refractivity contribution in [1.82, 2.24) is 10.4 Å². The van der Waals surface area contributed by atoms with E-state index in [1.807, 2.05) is 40.7 Å². The standard InChI is InChI=1S/C19H27N3O4/c1-13-14(7-6-8-16(13)21-12-23)11-20-17(24)26-15-9-18(2,3)22(25)19(4,5)10-15/h6-8,15,25H,9-11H2,1-5H3,(H,20,24). The van der Waals surface area contributed by atoms with Crippen LogP contribution in [0.4, 0.5) is 10.5 Å². The van der Waals surface area contributed by atoms with Crippen molar-refractivity contribution in [3.8, 4) is 0 Å². The van der Waals surface area contributed by atoms with Gasteiger partial charge in [-0.3, -0.25) is 0 Å². The minimum Gasteiger partial charge on any atom is -0.446 e. The van der Waals surface area contributed by atoms with Crippen molar-refractivity contribution in [3.63, 3.8) is 0 Å². The molecular weight excluding hydrogens is 334 g/mol. The summed E-state index contributed by atoms with van der Waals surface area (Å²) in [5.74, 6) is 0. The zero-order valence-corrected chi connectivity index (χ0v) is 16.0. The number of nitrogens with zero attached hydrogens (tertiary/aromatic N) is 2. The molecule has 0 unspecified atom stereocenters. The number of carbonyl (C=O) groups excluding carboxylic acids is 2. The van der Waals surface area contributed by atoms with Crippen LogP contribution in [-0.4, -0.2) is 39.6 Å². The molecule has 142 valence electrons. The molecule has 1 amide bonds. The highest BCUT2D eigenvalue weighted by atomic mass is 16.6. The van der Waals surface area contributed by atoms with Crippen LogP contribution >= 0.6 is 0 Å². The number of ether oxygens (including phenoxy) is 1. The number of hydroxylamine groups is 2. The number of hydrogen-bond donors (Lipinski definition) is 2. The molecule has 0 spiro atoms. The molecule has 1 saturated heterocycles. The van der Waals surface area contributed by atoms with E-state index in [4.69, 9.17) is 4.74 Å². The van der Waals surface area contributed by atoms with E-state index in [0.29, 0.717) is 18.5 Å². The quantitative estimate of drug-likeness (QED) is 0.631. The Labute approximate surface area is 154 Å². The number of isocyanates is 1. The number of aliphatic imine (C=N–C) groups is 1. The van der Waals surface area contributed by atoms with Crippen LogP contribution in [0.3, 0.4) is 0 Å². The Morgan fingerprint density at radius 3 is 2.54 bits per heavy atom. The van der Waals surface area contributed by atoms with Gasteiger partial charge in [0.15, 0.2) is 0 Å². The number of rotatable bonds is 4. The third kappa shape index (κ3) is 4.49. The van der Waals surface area contributed by atoms with Gasteiger partial charge in [0, 0.05) is 30.5 Å². The molecule has 1 aromatic rings. The minimum absolute atomic E-state index is 0.276. The molecule has 1 aliphatic heterocycles. The molecule has 0 aliphatic carbocycles. The van der Waals surface area contributed by atoms with Crippen LogP contribution in [0, 0.1) is 6.92 Å². The molecule has 0 saturated carbocycles. The highest BCUT2D eigenvalue weighted by Crippen LogP contribution is 2.37. The highest BCUT2D eigenvalue weighted by Gasteiger charge is 2.46. The fourth-order valence-corrected chi connectivity index (χ4v) is 3.65. The van der Waals surface area contributed by atoms with Crippen LogP contribution in [0.5, 0.6) is 0 Å². The molecule has 1 aromatic carbocycles. The molecule has 0 atom stereocenters. The van der Waals surface area contributed by atoms with Gasteiger partial charge in [-0.2, -0.15) is 10.1 Å². The van der Waals surface area contributed by atoms with Crippen molar-refractivity contribution in [2.45, 2.75) is 71.2 Å². The number of carbonyl (C=O) groups is 1. The van der Waals surface area contributed by atoms with Crippen molar-refractivity contribution < 1.29 is 19.5 Å². The van der Waals surface area contributed by atoms with Crippen molar-refractivity contribution in [2.75, 3.05) is 0 Å². The Hall–Kier alpha value is -2.21. The zero-order valence-electron chi connectivity index (χ0n) is 16.0. The lowest BCUT2D eigenvalue weighted by molar-refractivity contribution is -0.256. The van der Waals surface area contributed by atoms with Crippen LogP contribution in [0.1, 0.15) is 51.7 Å². The van der Waals surface area contributed by atoms with Gasteiger partial charge in [-0.05, 0) is 51.8 Å². The third-order valence-electron chi connectivity index (χ3n) is 4.88. The summed E-state index contributed by atoms with van der Waals surface area (Å²) in [7, 11) is 0. The van der Waals surface area contributed by atoms with Gasteiger partial charge < -0.3 is 15.3 Å². The fourth-order valence-electron chi connectivity index (χ4n) is 3.65. The summed E-state index contributed by atoms with van der Waals surface area (Å²) in [5, 5.41) is 14.4. The topological polar surface area (TPSA) is 91.2 Å². The number of benzene rings is 1. The highest BCUT2D eigenvalue weighted by molar-refractivity contribution is 5.67. The lowest BCUT2D eigenvalue weighted by Crippen LogP contribution is -2.60. The van der Waals surface area contributed by atoms with Crippen LogP contribution < -0.4 is 5.32 Å². The van der Waals surface area contributed by atoms with Gasteiger partial charge in [0.1, 0.15) is 6.10 Å².